The third-order valence-corrected chi connectivity index (χ3v) is 4.73. The number of aryl methyl sites for hydroxylation is 1. The summed E-state index contributed by atoms with van der Waals surface area (Å²) in [6.07, 6.45) is 4.43. The van der Waals surface area contributed by atoms with E-state index in [1.807, 2.05) is 13.0 Å². The molecule has 3 rings (SSSR count). The number of likely N-dealkylation sites (tertiary alicyclic amines) is 1. The molecular weight excluding hydrogens is 320 g/mol. The summed E-state index contributed by atoms with van der Waals surface area (Å²) in [6.45, 7) is 6.54. The fourth-order valence-corrected chi connectivity index (χ4v) is 3.15. The highest BCUT2D eigenvalue weighted by Crippen LogP contribution is 2.26. The van der Waals surface area contributed by atoms with Crippen LogP contribution in [0.1, 0.15) is 67.2 Å². The maximum atomic E-state index is 12.6. The Bertz CT molecular complexity index is 703. The molecular formula is C18H26N4O3. The quantitative estimate of drug-likeness (QED) is 0.800. The van der Waals surface area contributed by atoms with Crippen molar-refractivity contribution >= 4 is 5.91 Å². The summed E-state index contributed by atoms with van der Waals surface area (Å²) in [5.41, 5.74) is 0. The molecule has 1 atom stereocenters. The number of nitrogens with zero attached hydrogens (tertiary/aromatic N) is 4. The lowest BCUT2D eigenvalue weighted by Gasteiger charge is -2.31. The van der Waals surface area contributed by atoms with Gasteiger partial charge in [0.25, 0.3) is 5.91 Å². The van der Waals surface area contributed by atoms with Gasteiger partial charge in [0.1, 0.15) is 5.76 Å². The number of carbonyl (C=O) groups excluding carboxylic acids is 1. The van der Waals surface area contributed by atoms with Crippen LogP contribution in [0.4, 0.5) is 0 Å². The molecule has 1 fully saturated rings. The van der Waals surface area contributed by atoms with Crippen LogP contribution in [0.3, 0.4) is 0 Å². The summed E-state index contributed by atoms with van der Waals surface area (Å²) in [5, 5.41) is 3.88. The van der Waals surface area contributed by atoms with Crippen molar-refractivity contribution in [3.63, 3.8) is 0 Å². The van der Waals surface area contributed by atoms with Crippen molar-refractivity contribution in [2.75, 3.05) is 20.1 Å². The molecule has 0 N–H and O–H groups in total. The molecule has 0 aliphatic carbocycles. The first-order valence-electron chi connectivity index (χ1n) is 8.99. The van der Waals surface area contributed by atoms with Crippen LogP contribution in [-0.2, 0) is 13.0 Å². The molecule has 7 heteroatoms. The van der Waals surface area contributed by atoms with E-state index in [4.69, 9.17) is 8.94 Å². The molecule has 1 aliphatic rings. The SMILES string of the molecule is CCc1nc(CN(C)C(=O)c2ccc([C@H](C)N3CCCCC3)o2)no1. The number of carbonyl (C=O) groups is 1. The van der Waals surface area contributed by atoms with E-state index in [1.165, 1.54) is 19.3 Å². The lowest BCUT2D eigenvalue weighted by atomic mass is 10.1. The zero-order valence-corrected chi connectivity index (χ0v) is 15.2. The molecule has 1 aliphatic heterocycles. The van der Waals surface area contributed by atoms with Crippen molar-refractivity contribution in [3.05, 3.63) is 35.4 Å². The summed E-state index contributed by atoms with van der Waals surface area (Å²) in [5.74, 6) is 2.08. The Balaban J connectivity index is 1.63. The van der Waals surface area contributed by atoms with Crippen molar-refractivity contribution < 1.29 is 13.7 Å². The van der Waals surface area contributed by atoms with Crippen molar-refractivity contribution in [2.45, 2.75) is 52.1 Å². The number of piperidine rings is 1. The third-order valence-electron chi connectivity index (χ3n) is 4.73. The molecule has 0 saturated carbocycles. The van der Waals surface area contributed by atoms with Crippen molar-refractivity contribution in [1.82, 2.24) is 19.9 Å². The van der Waals surface area contributed by atoms with Crippen LogP contribution in [0.5, 0.6) is 0 Å². The molecule has 2 aromatic rings. The molecule has 0 unspecified atom stereocenters. The number of amides is 1. The van der Waals surface area contributed by atoms with Crippen LogP contribution in [0.2, 0.25) is 0 Å². The Labute approximate surface area is 148 Å². The number of hydrogen-bond acceptors (Lipinski definition) is 6. The van der Waals surface area contributed by atoms with Crippen molar-refractivity contribution in [2.24, 2.45) is 0 Å². The maximum absolute atomic E-state index is 12.6. The minimum atomic E-state index is -0.181. The summed E-state index contributed by atoms with van der Waals surface area (Å²) in [6, 6.07) is 3.85. The van der Waals surface area contributed by atoms with E-state index < -0.39 is 0 Å². The second-order valence-corrected chi connectivity index (χ2v) is 6.59. The lowest BCUT2D eigenvalue weighted by molar-refractivity contribution is 0.0741. The third kappa shape index (κ3) is 4.10. The number of aromatic nitrogens is 2. The summed E-state index contributed by atoms with van der Waals surface area (Å²) < 4.78 is 10.9. The minimum Gasteiger partial charge on any atom is -0.454 e. The minimum absolute atomic E-state index is 0.181. The van der Waals surface area contributed by atoms with Gasteiger partial charge in [-0.1, -0.05) is 18.5 Å². The van der Waals surface area contributed by atoms with E-state index >= 15 is 0 Å². The van der Waals surface area contributed by atoms with Crippen LogP contribution in [0.25, 0.3) is 0 Å². The smallest absolute Gasteiger partial charge is 0.289 e. The van der Waals surface area contributed by atoms with Gasteiger partial charge >= 0.3 is 0 Å². The van der Waals surface area contributed by atoms with Crippen molar-refractivity contribution in [1.29, 1.82) is 0 Å². The molecule has 1 saturated heterocycles. The molecule has 136 valence electrons. The van der Waals surface area contributed by atoms with Gasteiger partial charge in [0, 0.05) is 13.5 Å². The Morgan fingerprint density at radius 1 is 1.32 bits per heavy atom. The normalized spacial score (nSPS) is 16.8. The Hall–Kier alpha value is -2.15. The standard InChI is InChI=1S/C18H26N4O3/c1-4-17-19-16(20-25-17)12-21(3)18(23)15-9-8-14(24-15)13(2)22-10-6-5-7-11-22/h8-9,13H,4-7,10-12H2,1-3H3/t13-/m0/s1. The Morgan fingerprint density at radius 3 is 2.76 bits per heavy atom. The zero-order valence-electron chi connectivity index (χ0n) is 15.2. The van der Waals surface area contributed by atoms with E-state index in [0.29, 0.717) is 30.4 Å². The number of hydrogen-bond donors (Lipinski definition) is 0. The number of furan rings is 1. The molecule has 2 aromatic heterocycles. The highest BCUT2D eigenvalue weighted by molar-refractivity contribution is 5.91. The highest BCUT2D eigenvalue weighted by Gasteiger charge is 2.23. The molecule has 0 aromatic carbocycles. The van der Waals surface area contributed by atoms with Gasteiger partial charge in [-0.05, 0) is 45.0 Å². The van der Waals surface area contributed by atoms with Gasteiger partial charge in [-0.15, -0.1) is 0 Å². The van der Waals surface area contributed by atoms with Gasteiger partial charge in [-0.2, -0.15) is 4.98 Å². The average molecular weight is 346 g/mol. The topological polar surface area (TPSA) is 75.6 Å². The molecule has 0 spiro atoms. The Kier molecular flexibility index (Phi) is 5.53. The second kappa shape index (κ2) is 7.82. The van der Waals surface area contributed by atoms with E-state index in [9.17, 15) is 4.79 Å². The van der Waals surface area contributed by atoms with E-state index in [-0.39, 0.29) is 11.9 Å². The fourth-order valence-electron chi connectivity index (χ4n) is 3.15. The van der Waals surface area contributed by atoms with Gasteiger partial charge in [0.2, 0.25) is 5.89 Å². The molecule has 0 bridgehead atoms. The fraction of sp³-hybridized carbons (Fsp3) is 0.611. The predicted molar refractivity (Wildman–Crippen MR) is 92.0 cm³/mol. The highest BCUT2D eigenvalue weighted by atomic mass is 16.5. The van der Waals surface area contributed by atoms with E-state index in [0.717, 1.165) is 18.8 Å². The first-order chi connectivity index (χ1) is 12.1. The van der Waals surface area contributed by atoms with Gasteiger partial charge in [0.15, 0.2) is 11.6 Å². The average Bonchev–Trinajstić information content (AvgIpc) is 3.30. The molecule has 7 nitrogen and oxygen atoms in total. The second-order valence-electron chi connectivity index (χ2n) is 6.59. The summed E-state index contributed by atoms with van der Waals surface area (Å²) in [7, 11) is 1.71. The zero-order chi connectivity index (χ0) is 17.8. The van der Waals surface area contributed by atoms with Crippen LogP contribution in [-0.4, -0.2) is 46.0 Å². The van der Waals surface area contributed by atoms with Gasteiger partial charge in [-0.3, -0.25) is 9.69 Å². The largest absolute Gasteiger partial charge is 0.454 e. The molecule has 25 heavy (non-hydrogen) atoms. The van der Waals surface area contributed by atoms with Crippen LogP contribution in [0, 0.1) is 0 Å². The molecule has 3 heterocycles. The predicted octanol–water partition coefficient (Wildman–Crippen LogP) is 3.04. The van der Waals surface area contributed by atoms with E-state index in [1.54, 1.807) is 18.0 Å². The first kappa shape index (κ1) is 17.7. The van der Waals surface area contributed by atoms with Crippen LogP contribution in [0.15, 0.2) is 21.1 Å². The molecule has 0 radical (unpaired) electrons. The maximum Gasteiger partial charge on any atom is 0.289 e. The summed E-state index contributed by atoms with van der Waals surface area (Å²) >= 11 is 0. The summed E-state index contributed by atoms with van der Waals surface area (Å²) in [4.78, 5) is 20.7. The monoisotopic (exact) mass is 346 g/mol. The van der Waals surface area contributed by atoms with Gasteiger partial charge < -0.3 is 13.8 Å². The Morgan fingerprint density at radius 2 is 2.08 bits per heavy atom. The lowest BCUT2D eigenvalue weighted by Crippen LogP contribution is -2.32. The molecule has 1 amide bonds. The van der Waals surface area contributed by atoms with E-state index in [2.05, 4.69) is 22.0 Å². The van der Waals surface area contributed by atoms with Crippen molar-refractivity contribution in [3.8, 4) is 0 Å². The van der Waals surface area contributed by atoms with Crippen LogP contribution < -0.4 is 0 Å². The van der Waals surface area contributed by atoms with Crippen LogP contribution >= 0.6 is 0 Å². The first-order valence-corrected chi connectivity index (χ1v) is 8.99. The van der Waals surface area contributed by atoms with Gasteiger partial charge in [-0.25, -0.2) is 0 Å². The van der Waals surface area contributed by atoms with Gasteiger partial charge in [0.05, 0.1) is 12.6 Å². The number of rotatable bonds is 6.